The van der Waals surface area contributed by atoms with Crippen LogP contribution >= 0.6 is 0 Å². The van der Waals surface area contributed by atoms with Crippen LogP contribution in [0.4, 0.5) is 0 Å². The van der Waals surface area contributed by atoms with Crippen molar-refractivity contribution in [2.75, 3.05) is 0 Å². The van der Waals surface area contributed by atoms with Gasteiger partial charge in [0.1, 0.15) is 5.82 Å². The quantitative estimate of drug-likeness (QED) is 0.190. The molecule has 2 nitrogen and oxygen atoms in total. The van der Waals surface area contributed by atoms with Gasteiger partial charge in [-0.3, -0.25) is 4.57 Å². The van der Waals surface area contributed by atoms with E-state index in [-0.39, 0.29) is 34.6 Å². The summed E-state index contributed by atoms with van der Waals surface area (Å²) in [5.41, 5.74) is 2.74. The maximum absolute atomic E-state index is 8.93. The van der Waals surface area contributed by atoms with Crippen LogP contribution in [0.3, 0.4) is 0 Å². The van der Waals surface area contributed by atoms with E-state index in [9.17, 15) is 0 Å². The highest BCUT2D eigenvalue weighted by Gasteiger charge is 2.21. The molecule has 2 heteroatoms. The molecule has 0 aliphatic heterocycles. The fraction of sp³-hybridized carbons (Fsp3) is 0.0488. The first-order valence-electron chi connectivity index (χ1n) is 21.1. The van der Waals surface area contributed by atoms with Crippen molar-refractivity contribution < 1.29 is 20.6 Å². The lowest BCUT2D eigenvalue weighted by Gasteiger charge is -2.21. The smallest absolute Gasteiger partial charge is 0.114 e. The topological polar surface area (TPSA) is 17.8 Å². The molecule has 1 aromatic heterocycles. The van der Waals surface area contributed by atoms with Crippen molar-refractivity contribution in [3.05, 3.63) is 157 Å². The molecular formula is C41H30N2. The van der Waals surface area contributed by atoms with Gasteiger partial charge in [-0.25, -0.2) is 4.98 Å². The third kappa shape index (κ3) is 4.23. The maximum atomic E-state index is 8.93. The summed E-state index contributed by atoms with van der Waals surface area (Å²) in [5, 5.41) is 2.05. The number of rotatable bonds is 5. The number of para-hydroxylation sites is 2. The van der Waals surface area contributed by atoms with E-state index in [2.05, 4.69) is 4.98 Å². The molecule has 0 spiro atoms. The van der Waals surface area contributed by atoms with Gasteiger partial charge in [-0.05, 0) is 68.4 Å². The van der Waals surface area contributed by atoms with Crippen LogP contribution in [0.5, 0.6) is 0 Å². The molecule has 0 bridgehead atoms. The van der Waals surface area contributed by atoms with E-state index >= 15 is 0 Å². The van der Waals surface area contributed by atoms with Gasteiger partial charge in [-0.1, -0.05) is 134 Å². The Labute approximate surface area is 272 Å². The average molecular weight is 566 g/mol. The molecule has 0 fully saturated rings. The molecule has 204 valence electrons. The van der Waals surface area contributed by atoms with Gasteiger partial charge in [0.05, 0.1) is 30.4 Å². The highest BCUT2D eigenvalue weighted by atomic mass is 15.1. The van der Waals surface area contributed by atoms with Gasteiger partial charge < -0.3 is 0 Å². The normalized spacial score (nSPS) is 17.1. The lowest BCUT2D eigenvalue weighted by molar-refractivity contribution is 0.917. The van der Waals surface area contributed by atoms with E-state index in [4.69, 9.17) is 20.6 Å². The Kier molecular flexibility index (Phi) is 3.42. The second-order valence-corrected chi connectivity index (χ2v) is 9.99. The highest BCUT2D eigenvalue weighted by molar-refractivity contribution is 6.19. The summed E-state index contributed by atoms with van der Waals surface area (Å²) in [6, 6.07) is 21.0. The van der Waals surface area contributed by atoms with Crippen molar-refractivity contribution in [1.29, 1.82) is 0 Å². The van der Waals surface area contributed by atoms with Crippen molar-refractivity contribution in [3.8, 4) is 39.1 Å². The summed E-state index contributed by atoms with van der Waals surface area (Å²) in [6.07, 6.45) is -2.94. The molecule has 0 N–H and O–H groups in total. The largest absolute Gasteiger partial charge is 0.295 e. The Hall–Kier alpha value is -5.47. The van der Waals surface area contributed by atoms with Crippen molar-refractivity contribution in [3.63, 3.8) is 0 Å². The fourth-order valence-electron chi connectivity index (χ4n) is 5.82. The molecule has 0 aliphatic carbocycles. The number of hydrogen-bond acceptors (Lipinski definition) is 1. The molecule has 0 unspecified atom stereocenters. The standard InChI is InChI=1S/C41H30N2/c1-2-39-42-37-22-11-12-23-38(37)43(39)41-34-21-10-9-20-33(34)40(32-19-13-18-30(26-32)28-14-5-3-6-15-28)36-27-31(24-25-35(36)41)29-16-7-4-8-17-29/h3-27H,2H2,1H3/i1D3,2D2,3D,4D,5D,6D,7D,8D,14D,15D,16D,17D. The van der Waals surface area contributed by atoms with Gasteiger partial charge in [0.2, 0.25) is 0 Å². The minimum atomic E-state index is -3.13. The monoisotopic (exact) mass is 565 g/mol. The van der Waals surface area contributed by atoms with Crippen LogP contribution in [0.15, 0.2) is 151 Å². The summed E-state index contributed by atoms with van der Waals surface area (Å²) >= 11 is 0. The molecular weight excluding hydrogens is 520 g/mol. The molecule has 8 aromatic rings. The summed E-state index contributed by atoms with van der Waals surface area (Å²) in [6.45, 7) is -3.13. The number of aromatic nitrogens is 2. The lowest BCUT2D eigenvalue weighted by Crippen LogP contribution is -2.03. The minimum Gasteiger partial charge on any atom is -0.295 e. The molecule has 43 heavy (non-hydrogen) atoms. The fourth-order valence-corrected chi connectivity index (χ4v) is 5.82. The Morgan fingerprint density at radius 2 is 1.26 bits per heavy atom. The molecule has 8 rings (SSSR count). The molecule has 0 radical (unpaired) electrons. The second kappa shape index (κ2) is 10.4. The number of fused-ring (bicyclic) bond motifs is 3. The molecule has 0 saturated carbocycles. The number of benzene rings is 7. The van der Waals surface area contributed by atoms with Crippen molar-refractivity contribution in [2.24, 2.45) is 0 Å². The predicted molar refractivity (Wildman–Crippen MR) is 182 cm³/mol. The zero-order chi connectivity index (χ0) is 41.7. The van der Waals surface area contributed by atoms with Gasteiger partial charge in [-0.15, -0.1) is 0 Å². The second-order valence-electron chi connectivity index (χ2n) is 9.99. The molecule has 0 amide bonds. The van der Waals surface area contributed by atoms with E-state index < -0.39 is 61.6 Å². The number of hydrogen-bond donors (Lipinski definition) is 0. The number of aryl methyl sites for hydroxylation is 1. The van der Waals surface area contributed by atoms with Crippen molar-refractivity contribution in [1.82, 2.24) is 9.55 Å². The van der Waals surface area contributed by atoms with E-state index in [1.165, 1.54) is 4.57 Å². The summed E-state index contributed by atoms with van der Waals surface area (Å²) < 4.78 is 129. The van der Waals surface area contributed by atoms with Gasteiger partial charge in [0.25, 0.3) is 0 Å². The Morgan fingerprint density at radius 1 is 0.605 bits per heavy atom. The van der Waals surface area contributed by atoms with Gasteiger partial charge in [0, 0.05) is 24.0 Å². The predicted octanol–water partition coefficient (Wildman–Crippen LogP) is 10.9. The first kappa shape index (κ1) is 14.1. The lowest BCUT2D eigenvalue weighted by atomic mass is 9.87. The third-order valence-corrected chi connectivity index (χ3v) is 7.62. The average Bonchev–Trinajstić information content (AvgIpc) is 3.59. The summed E-state index contributed by atoms with van der Waals surface area (Å²) in [4.78, 5) is 4.56. The van der Waals surface area contributed by atoms with Crippen LogP contribution < -0.4 is 0 Å². The Bertz CT molecular complexity index is 2980. The van der Waals surface area contributed by atoms with Gasteiger partial charge in [0.15, 0.2) is 0 Å². The Morgan fingerprint density at radius 3 is 2.02 bits per heavy atom. The van der Waals surface area contributed by atoms with Crippen molar-refractivity contribution >= 4 is 32.6 Å². The zero-order valence-corrected chi connectivity index (χ0v) is 22.6. The van der Waals surface area contributed by atoms with Crippen molar-refractivity contribution in [2.45, 2.75) is 13.2 Å². The van der Waals surface area contributed by atoms with E-state index in [0.717, 1.165) is 0 Å². The van der Waals surface area contributed by atoms with E-state index in [1.54, 1.807) is 84.9 Å². The molecule has 1 heterocycles. The minimum absolute atomic E-state index is 0.0145. The zero-order valence-electron chi connectivity index (χ0n) is 37.6. The van der Waals surface area contributed by atoms with Crippen LogP contribution in [-0.4, -0.2) is 9.55 Å². The SMILES string of the molecule is [2H]c1c([2H])c([2H])c(-c2cccc(-c3c4ccccc4c(-n4c(C([2H])([2H])C([2H])([2H])[2H])nc5ccccc54)c4ccc(-c5c([2H])c([2H])c([2H])c([2H])c5[2H])cc34)c2)c([2H])c1[2H]. The molecule has 0 saturated heterocycles. The third-order valence-electron chi connectivity index (χ3n) is 7.62. The van der Waals surface area contributed by atoms with Crippen LogP contribution in [0.2, 0.25) is 0 Å². The molecule has 0 atom stereocenters. The van der Waals surface area contributed by atoms with Gasteiger partial charge in [-0.2, -0.15) is 0 Å². The Balaban J connectivity index is 1.56. The highest BCUT2D eigenvalue weighted by Crippen LogP contribution is 2.44. The number of imidazole rings is 1. The van der Waals surface area contributed by atoms with Crippen LogP contribution in [0.1, 0.15) is 33.2 Å². The van der Waals surface area contributed by atoms with Crippen LogP contribution in [-0.2, 0) is 6.37 Å². The van der Waals surface area contributed by atoms with Crippen LogP contribution in [0, 0.1) is 0 Å². The maximum Gasteiger partial charge on any atom is 0.114 e. The van der Waals surface area contributed by atoms with Crippen LogP contribution in [0.25, 0.3) is 71.6 Å². The van der Waals surface area contributed by atoms with E-state index in [0.29, 0.717) is 55.0 Å². The van der Waals surface area contributed by atoms with Gasteiger partial charge >= 0.3 is 0 Å². The summed E-state index contributed by atoms with van der Waals surface area (Å²) in [7, 11) is 0. The first-order chi connectivity index (χ1) is 27.4. The van der Waals surface area contributed by atoms with E-state index in [1.807, 2.05) is 6.07 Å². The molecule has 0 aliphatic rings. The first-order valence-corrected chi connectivity index (χ1v) is 13.6. The molecule has 7 aromatic carbocycles. The number of nitrogens with zero attached hydrogens (tertiary/aromatic N) is 2. The summed E-state index contributed by atoms with van der Waals surface area (Å²) in [5.74, 6) is -0.370.